The molecule has 1 aliphatic heterocycles. The number of nitrogens with zero attached hydrogens (tertiary/aromatic N) is 4. The molecule has 8 heteroatoms. The molecule has 0 radical (unpaired) electrons. The molecule has 0 unspecified atom stereocenters. The lowest BCUT2D eigenvalue weighted by Crippen LogP contribution is -2.46. The molecule has 0 saturated carbocycles. The molecule has 0 spiro atoms. The molecule has 1 fully saturated rings. The highest BCUT2D eigenvalue weighted by Gasteiger charge is 2.17. The third kappa shape index (κ3) is 5.57. The third-order valence-electron chi connectivity index (χ3n) is 7.11. The van der Waals surface area contributed by atoms with Crippen LogP contribution in [-0.4, -0.2) is 47.2 Å². The van der Waals surface area contributed by atoms with Crippen LogP contribution in [-0.2, 0) is 6.42 Å². The van der Waals surface area contributed by atoms with Crippen LogP contribution in [0.25, 0.3) is 21.4 Å². The van der Waals surface area contributed by atoms with Gasteiger partial charge in [-0.3, -0.25) is 14.3 Å². The minimum Gasteiger partial charge on any atom is -0.369 e. The Kier molecular flexibility index (Phi) is 7.33. The number of hydrogen-bond donors (Lipinski definition) is 1. The molecule has 5 rings (SSSR count). The number of halogens is 2. The number of aromatic nitrogens is 2. The van der Waals surface area contributed by atoms with E-state index in [9.17, 15) is 13.6 Å². The number of aryl methyl sites for hydroxylation is 1. The standard InChI is InChI=1S/C29H29F2N5O/c1-32-23-6-11-28-26(18-23)21(19-33-28)5-3-2-4-12-34-13-15-35(16-14-34)24-7-9-25(10-8-24)36-20-22(30)17-27(31)29(36)37/h6-11,17-20,33H,2-5,12-16H2. The van der Waals surface area contributed by atoms with Crippen molar-refractivity contribution in [2.24, 2.45) is 0 Å². The second kappa shape index (κ2) is 11.0. The molecule has 0 aliphatic carbocycles. The molecule has 6 nitrogen and oxygen atoms in total. The van der Waals surface area contributed by atoms with Gasteiger partial charge in [-0.2, -0.15) is 0 Å². The molecular formula is C29H29F2N5O. The summed E-state index contributed by atoms with van der Waals surface area (Å²) in [5, 5.41) is 1.16. The van der Waals surface area contributed by atoms with Crippen molar-refractivity contribution < 1.29 is 8.78 Å². The Hall–Kier alpha value is -3.96. The van der Waals surface area contributed by atoms with Crippen molar-refractivity contribution in [3.05, 3.63) is 99.9 Å². The highest BCUT2D eigenvalue weighted by molar-refractivity contribution is 5.86. The molecule has 37 heavy (non-hydrogen) atoms. The first kappa shape index (κ1) is 24.7. The highest BCUT2D eigenvalue weighted by atomic mass is 19.1. The first-order valence-corrected chi connectivity index (χ1v) is 12.6. The number of anilines is 1. The van der Waals surface area contributed by atoms with Crippen molar-refractivity contribution >= 4 is 22.3 Å². The van der Waals surface area contributed by atoms with E-state index in [0.29, 0.717) is 17.4 Å². The van der Waals surface area contributed by atoms with Crippen LogP contribution in [0.1, 0.15) is 24.8 Å². The van der Waals surface area contributed by atoms with E-state index in [4.69, 9.17) is 6.57 Å². The van der Waals surface area contributed by atoms with E-state index < -0.39 is 17.2 Å². The normalized spacial score (nSPS) is 14.2. The average Bonchev–Trinajstić information content (AvgIpc) is 3.33. The van der Waals surface area contributed by atoms with Gasteiger partial charge in [0.1, 0.15) is 5.82 Å². The summed E-state index contributed by atoms with van der Waals surface area (Å²) in [6.45, 7) is 12.1. The molecule has 4 aromatic rings. The Bertz CT molecular complexity index is 1480. The quantitative estimate of drug-likeness (QED) is 0.250. The molecule has 2 aromatic carbocycles. The van der Waals surface area contributed by atoms with E-state index in [0.717, 1.165) is 85.8 Å². The number of benzene rings is 2. The van der Waals surface area contributed by atoms with Crippen molar-refractivity contribution in [3.63, 3.8) is 0 Å². The van der Waals surface area contributed by atoms with Crippen LogP contribution in [0.4, 0.5) is 20.2 Å². The minimum atomic E-state index is -1.10. The Labute approximate surface area is 214 Å². The van der Waals surface area contributed by atoms with E-state index in [-0.39, 0.29) is 0 Å². The largest absolute Gasteiger partial charge is 0.369 e. The highest BCUT2D eigenvalue weighted by Crippen LogP contribution is 2.25. The van der Waals surface area contributed by atoms with Crippen molar-refractivity contribution in [1.29, 1.82) is 0 Å². The number of rotatable bonds is 8. The second-order valence-corrected chi connectivity index (χ2v) is 9.49. The lowest BCUT2D eigenvalue weighted by atomic mass is 10.1. The fourth-order valence-electron chi connectivity index (χ4n) is 5.03. The maximum absolute atomic E-state index is 13.6. The molecule has 190 valence electrons. The van der Waals surface area contributed by atoms with E-state index in [1.807, 2.05) is 30.3 Å². The van der Waals surface area contributed by atoms with E-state index in [2.05, 4.69) is 25.8 Å². The van der Waals surface area contributed by atoms with Crippen LogP contribution < -0.4 is 10.5 Å². The van der Waals surface area contributed by atoms with Crippen LogP contribution in [0.3, 0.4) is 0 Å². The van der Waals surface area contributed by atoms with Gasteiger partial charge in [-0.25, -0.2) is 13.6 Å². The van der Waals surface area contributed by atoms with Crippen molar-refractivity contribution in [3.8, 4) is 5.69 Å². The SMILES string of the molecule is [C-]#[N+]c1ccc2[nH]cc(CCCCCN3CCN(c4ccc(-n5cc(F)cc(F)c5=O)cc4)CC3)c2c1. The Balaban J connectivity index is 1.06. The zero-order valence-corrected chi connectivity index (χ0v) is 20.6. The predicted molar refractivity (Wildman–Crippen MR) is 143 cm³/mol. The summed E-state index contributed by atoms with van der Waals surface area (Å²) in [4.78, 5) is 23.6. The van der Waals surface area contributed by atoms with Gasteiger partial charge in [-0.05, 0) is 73.2 Å². The van der Waals surface area contributed by atoms with Gasteiger partial charge >= 0.3 is 0 Å². The first-order valence-electron chi connectivity index (χ1n) is 12.6. The van der Waals surface area contributed by atoms with E-state index >= 15 is 0 Å². The molecule has 1 saturated heterocycles. The van der Waals surface area contributed by atoms with Crippen LogP contribution in [0.2, 0.25) is 0 Å². The number of pyridine rings is 1. The maximum Gasteiger partial charge on any atom is 0.291 e. The van der Waals surface area contributed by atoms with Crippen LogP contribution >= 0.6 is 0 Å². The smallest absolute Gasteiger partial charge is 0.291 e. The fraction of sp³-hybridized carbons (Fsp3) is 0.310. The summed E-state index contributed by atoms with van der Waals surface area (Å²) in [5.41, 5.74) is 3.66. The maximum atomic E-state index is 13.6. The summed E-state index contributed by atoms with van der Waals surface area (Å²) in [5.74, 6) is -1.89. The van der Waals surface area contributed by atoms with Gasteiger partial charge in [0.25, 0.3) is 5.56 Å². The summed E-state index contributed by atoms with van der Waals surface area (Å²) >= 11 is 0. The summed E-state index contributed by atoms with van der Waals surface area (Å²) in [7, 11) is 0. The van der Waals surface area contributed by atoms with E-state index in [1.54, 1.807) is 12.1 Å². The lowest BCUT2D eigenvalue weighted by molar-refractivity contribution is 0.252. The zero-order chi connectivity index (χ0) is 25.8. The topological polar surface area (TPSA) is 48.6 Å². The molecule has 2 aromatic heterocycles. The Morgan fingerprint density at radius 3 is 2.43 bits per heavy atom. The van der Waals surface area contributed by atoms with Gasteiger partial charge < -0.3 is 9.88 Å². The van der Waals surface area contributed by atoms with Crippen molar-refractivity contribution in [1.82, 2.24) is 14.5 Å². The van der Waals surface area contributed by atoms with Gasteiger partial charge in [-0.1, -0.05) is 12.5 Å². The molecular weight excluding hydrogens is 472 g/mol. The number of aromatic amines is 1. The predicted octanol–water partition coefficient (Wildman–Crippen LogP) is 5.68. The molecule has 0 bridgehead atoms. The van der Waals surface area contributed by atoms with Gasteiger partial charge in [0.15, 0.2) is 11.5 Å². The minimum absolute atomic E-state index is 0.435. The molecule has 3 heterocycles. The summed E-state index contributed by atoms with van der Waals surface area (Å²) in [6.07, 6.45) is 7.53. The monoisotopic (exact) mass is 501 g/mol. The second-order valence-electron chi connectivity index (χ2n) is 9.49. The average molecular weight is 502 g/mol. The van der Waals surface area contributed by atoms with Crippen LogP contribution in [0.5, 0.6) is 0 Å². The van der Waals surface area contributed by atoms with Crippen molar-refractivity contribution in [2.45, 2.75) is 25.7 Å². The summed E-state index contributed by atoms with van der Waals surface area (Å²) < 4.78 is 28.2. The molecule has 1 N–H and O–H groups in total. The molecule has 0 atom stereocenters. The number of fused-ring (bicyclic) bond motifs is 1. The molecule has 1 aliphatic rings. The van der Waals surface area contributed by atoms with Gasteiger partial charge in [0.2, 0.25) is 0 Å². The third-order valence-corrected chi connectivity index (χ3v) is 7.11. The zero-order valence-electron chi connectivity index (χ0n) is 20.6. The van der Waals surface area contributed by atoms with Crippen LogP contribution in [0, 0.1) is 18.2 Å². The van der Waals surface area contributed by atoms with Gasteiger partial charge in [0, 0.05) is 61.5 Å². The number of hydrogen-bond acceptors (Lipinski definition) is 3. The van der Waals surface area contributed by atoms with Gasteiger partial charge in [0.05, 0.1) is 6.57 Å². The van der Waals surface area contributed by atoms with Crippen LogP contribution in [0.15, 0.2) is 65.7 Å². The number of unbranched alkanes of at least 4 members (excludes halogenated alkanes) is 2. The first-order chi connectivity index (χ1) is 18.0. The van der Waals surface area contributed by atoms with Gasteiger partial charge in [-0.15, -0.1) is 0 Å². The Morgan fingerprint density at radius 2 is 1.68 bits per heavy atom. The fourth-order valence-corrected chi connectivity index (χ4v) is 5.03. The summed E-state index contributed by atoms with van der Waals surface area (Å²) in [6, 6.07) is 13.6. The van der Waals surface area contributed by atoms with Crippen molar-refractivity contribution in [2.75, 3.05) is 37.6 Å². The Morgan fingerprint density at radius 1 is 0.919 bits per heavy atom. The number of nitrogens with one attached hydrogen (secondary N) is 1. The van der Waals surface area contributed by atoms with E-state index in [1.165, 1.54) is 5.56 Å². The lowest BCUT2D eigenvalue weighted by Gasteiger charge is -2.36. The number of H-pyrrole nitrogens is 1. The number of piperazine rings is 1. The molecule has 0 amide bonds.